The van der Waals surface area contributed by atoms with Crippen molar-refractivity contribution in [1.82, 2.24) is 0 Å². The molecular formula is C20H28O3. The summed E-state index contributed by atoms with van der Waals surface area (Å²) in [5, 5.41) is 0. The van der Waals surface area contributed by atoms with Gasteiger partial charge in [-0.25, -0.2) is 0 Å². The van der Waals surface area contributed by atoms with Gasteiger partial charge in [0.05, 0.1) is 0 Å². The Morgan fingerprint density at radius 3 is 2.57 bits per heavy atom. The van der Waals surface area contributed by atoms with Gasteiger partial charge in [0.1, 0.15) is 11.7 Å². The van der Waals surface area contributed by atoms with Crippen LogP contribution in [-0.2, 0) is 14.3 Å². The van der Waals surface area contributed by atoms with Gasteiger partial charge in [-0.1, -0.05) is 26.8 Å². The highest BCUT2D eigenvalue weighted by atomic mass is 16.6. The van der Waals surface area contributed by atoms with E-state index in [1.807, 2.05) is 13.8 Å². The van der Waals surface area contributed by atoms with E-state index >= 15 is 0 Å². The third-order valence-corrected chi connectivity index (χ3v) is 6.17. The summed E-state index contributed by atoms with van der Waals surface area (Å²) in [5.41, 5.74) is 0.490. The number of hydrogen-bond donors (Lipinski definition) is 0. The molecule has 0 bridgehead atoms. The first-order valence-electron chi connectivity index (χ1n) is 8.77. The first kappa shape index (κ1) is 16.6. The Hall–Kier alpha value is -1.22. The quantitative estimate of drug-likeness (QED) is 0.637. The number of carbonyl (C=O) groups excluding carboxylic acids is 2. The van der Waals surface area contributed by atoms with E-state index in [2.05, 4.69) is 26.8 Å². The van der Waals surface area contributed by atoms with Gasteiger partial charge in [0, 0.05) is 6.42 Å². The van der Waals surface area contributed by atoms with Gasteiger partial charge in [-0.05, 0) is 67.6 Å². The van der Waals surface area contributed by atoms with Gasteiger partial charge in [-0.2, -0.15) is 0 Å². The Morgan fingerprint density at radius 2 is 1.87 bits per heavy atom. The van der Waals surface area contributed by atoms with E-state index in [9.17, 15) is 9.59 Å². The molecule has 0 aromatic rings. The monoisotopic (exact) mass is 316 g/mol. The van der Waals surface area contributed by atoms with Crippen LogP contribution in [0.25, 0.3) is 0 Å². The summed E-state index contributed by atoms with van der Waals surface area (Å²) in [6, 6.07) is 0. The highest BCUT2D eigenvalue weighted by molar-refractivity contribution is 6.03. The summed E-state index contributed by atoms with van der Waals surface area (Å²) in [5.74, 6) is 1.70. The molecule has 1 heterocycles. The molecule has 3 rings (SSSR count). The molecule has 126 valence electrons. The van der Waals surface area contributed by atoms with Gasteiger partial charge >= 0.3 is 0 Å². The van der Waals surface area contributed by atoms with E-state index in [0.717, 1.165) is 18.4 Å². The number of fused-ring (bicyclic) bond motifs is 2. The number of carbonyl (C=O) groups is 2. The van der Waals surface area contributed by atoms with E-state index in [-0.39, 0.29) is 23.1 Å². The molecule has 1 aliphatic heterocycles. The summed E-state index contributed by atoms with van der Waals surface area (Å²) in [7, 11) is 0. The second-order valence-electron chi connectivity index (χ2n) is 8.54. The summed E-state index contributed by atoms with van der Waals surface area (Å²) in [6.07, 6.45) is 7.91. The lowest BCUT2D eigenvalue weighted by Gasteiger charge is -2.11. The van der Waals surface area contributed by atoms with Crippen molar-refractivity contribution in [1.29, 1.82) is 0 Å². The third kappa shape index (κ3) is 3.08. The number of ketones is 2. The van der Waals surface area contributed by atoms with Crippen LogP contribution in [0.5, 0.6) is 0 Å². The minimum Gasteiger partial charge on any atom is -0.354 e. The molecule has 2 aliphatic carbocycles. The van der Waals surface area contributed by atoms with E-state index in [1.54, 1.807) is 12.2 Å². The van der Waals surface area contributed by atoms with Crippen molar-refractivity contribution in [2.75, 3.05) is 0 Å². The largest absolute Gasteiger partial charge is 0.354 e. The lowest BCUT2D eigenvalue weighted by atomic mass is 9.92. The fourth-order valence-corrected chi connectivity index (χ4v) is 4.14. The van der Waals surface area contributed by atoms with Gasteiger partial charge < -0.3 is 4.74 Å². The van der Waals surface area contributed by atoms with Gasteiger partial charge in [0.2, 0.25) is 0 Å². The van der Waals surface area contributed by atoms with Crippen molar-refractivity contribution in [2.45, 2.75) is 65.6 Å². The van der Waals surface area contributed by atoms with Crippen LogP contribution in [-0.4, -0.2) is 23.3 Å². The molecular weight excluding hydrogens is 288 g/mol. The van der Waals surface area contributed by atoms with E-state index in [1.165, 1.54) is 0 Å². The van der Waals surface area contributed by atoms with Crippen LogP contribution < -0.4 is 0 Å². The topological polar surface area (TPSA) is 46.7 Å². The third-order valence-electron chi connectivity index (χ3n) is 6.17. The summed E-state index contributed by atoms with van der Waals surface area (Å²) in [6.45, 7) is 10.5. The van der Waals surface area contributed by atoms with Crippen LogP contribution in [0.2, 0.25) is 0 Å². The minimum atomic E-state index is -0.585. The molecule has 0 spiro atoms. The molecule has 0 N–H and O–H groups in total. The molecule has 1 saturated carbocycles. The highest BCUT2D eigenvalue weighted by Crippen LogP contribution is 2.61. The first-order chi connectivity index (χ1) is 10.6. The van der Waals surface area contributed by atoms with Crippen molar-refractivity contribution in [2.24, 2.45) is 23.2 Å². The van der Waals surface area contributed by atoms with Gasteiger partial charge in [-0.15, -0.1) is 0 Å². The molecule has 3 heteroatoms. The molecule has 5 atom stereocenters. The van der Waals surface area contributed by atoms with Gasteiger partial charge in [0.25, 0.3) is 0 Å². The van der Waals surface area contributed by atoms with Crippen LogP contribution in [0.3, 0.4) is 0 Å². The predicted molar refractivity (Wildman–Crippen MR) is 90.0 cm³/mol. The van der Waals surface area contributed by atoms with Crippen LogP contribution in [0, 0.1) is 23.2 Å². The molecule has 3 aliphatic rings. The fraction of sp³-hybridized carbons (Fsp3) is 0.700. The molecule has 0 aromatic carbocycles. The molecule has 2 fully saturated rings. The lowest BCUT2D eigenvalue weighted by molar-refractivity contribution is -0.121. The number of rotatable bonds is 0. The predicted octanol–water partition coefficient (Wildman–Crippen LogP) is 3.88. The van der Waals surface area contributed by atoms with Gasteiger partial charge in [-0.3, -0.25) is 9.59 Å². The Labute approximate surface area is 139 Å². The SMILES string of the molecule is C/C1=C/[C@@H]2[C@H](CC[C@H](C)CC(=O)[C@@H]3O[C@]3(C)/C=C\C1=O)C2(C)C. The molecule has 0 radical (unpaired) electrons. The van der Waals surface area contributed by atoms with E-state index in [4.69, 9.17) is 4.74 Å². The van der Waals surface area contributed by atoms with Crippen molar-refractivity contribution in [3.63, 3.8) is 0 Å². The highest BCUT2D eigenvalue weighted by Gasteiger charge is 2.56. The second-order valence-corrected chi connectivity index (χ2v) is 8.54. The number of epoxide rings is 1. The second kappa shape index (κ2) is 5.41. The molecule has 0 amide bonds. The van der Waals surface area contributed by atoms with E-state index < -0.39 is 5.60 Å². The molecule has 3 nitrogen and oxygen atoms in total. The molecule has 1 saturated heterocycles. The summed E-state index contributed by atoms with van der Waals surface area (Å²) < 4.78 is 5.58. The zero-order valence-corrected chi connectivity index (χ0v) is 14.9. The normalized spacial score (nSPS) is 46.7. The molecule has 23 heavy (non-hydrogen) atoms. The maximum absolute atomic E-state index is 12.4. The Balaban J connectivity index is 1.83. The molecule has 0 unspecified atom stereocenters. The average Bonchev–Trinajstić information content (AvgIpc) is 3.28. The smallest absolute Gasteiger partial charge is 0.181 e. The van der Waals surface area contributed by atoms with Crippen LogP contribution in [0.15, 0.2) is 23.8 Å². The Bertz CT molecular complexity index is 598. The minimum absolute atomic E-state index is 0.0276. The average molecular weight is 316 g/mol. The van der Waals surface area contributed by atoms with Crippen molar-refractivity contribution in [3.05, 3.63) is 23.8 Å². The number of allylic oxidation sites excluding steroid dienone is 3. The van der Waals surface area contributed by atoms with E-state index in [0.29, 0.717) is 24.2 Å². The zero-order chi connectivity index (χ0) is 17.0. The fourth-order valence-electron chi connectivity index (χ4n) is 4.14. The zero-order valence-electron chi connectivity index (χ0n) is 14.9. The molecule has 0 aromatic heterocycles. The maximum Gasteiger partial charge on any atom is 0.181 e. The Kier molecular flexibility index (Phi) is 3.91. The van der Waals surface area contributed by atoms with Crippen LogP contribution in [0.4, 0.5) is 0 Å². The number of hydrogen-bond acceptors (Lipinski definition) is 3. The Morgan fingerprint density at radius 1 is 1.17 bits per heavy atom. The van der Waals surface area contributed by atoms with Crippen LogP contribution in [0.1, 0.15) is 53.9 Å². The van der Waals surface area contributed by atoms with Crippen LogP contribution >= 0.6 is 0 Å². The maximum atomic E-state index is 12.4. The standard InChI is InChI=1S/C20H28O3/c1-12-6-7-14-15(19(14,3)4)11-13(2)16(21)8-9-20(5)18(23-20)17(22)10-12/h8-9,11-12,14-15,18H,6-7,10H2,1-5H3/b9-8-,13-11-/t12-,14-,15+,18-,20+/m0/s1. The van der Waals surface area contributed by atoms with Gasteiger partial charge in [0.15, 0.2) is 11.6 Å². The van der Waals surface area contributed by atoms with Crippen molar-refractivity contribution in [3.8, 4) is 0 Å². The summed E-state index contributed by atoms with van der Waals surface area (Å²) >= 11 is 0. The number of ether oxygens (including phenoxy) is 1. The van der Waals surface area contributed by atoms with Crippen molar-refractivity contribution < 1.29 is 14.3 Å². The lowest BCUT2D eigenvalue weighted by Crippen LogP contribution is -2.18. The number of Topliss-reactive ketones (excluding diaryl/α,β-unsaturated/α-hetero) is 1. The first-order valence-corrected chi connectivity index (χ1v) is 8.77. The van der Waals surface area contributed by atoms with Crippen molar-refractivity contribution >= 4 is 11.6 Å². The summed E-state index contributed by atoms with van der Waals surface area (Å²) in [4.78, 5) is 24.7.